The number of carbonyl (C=O) groups excluding carboxylic acids is 8. The molecule has 4 aromatic heterocycles. The van der Waals surface area contributed by atoms with Gasteiger partial charge in [-0.25, -0.2) is 0 Å². The molecule has 8 fully saturated rings. The van der Waals surface area contributed by atoms with E-state index in [9.17, 15) is 38.4 Å². The molecule has 12 aromatic rings. The number of nitrogens with zero attached hydrogens (tertiary/aromatic N) is 6. The van der Waals surface area contributed by atoms with Gasteiger partial charge in [0.15, 0.2) is 0 Å². The number of likely N-dealkylation sites (tertiary alicyclic amines) is 2. The molecule has 8 aromatic carbocycles. The molecule has 684 valence electrons. The fourth-order valence-corrected chi connectivity index (χ4v) is 20.8. The molecule has 0 radical (unpaired) electrons. The molecule has 4 aliphatic heterocycles. The Kier molecular flexibility index (Phi) is 29.3. The standard InChI is InChI=1S/2C27H32N2O4.2C26H29NO5/c2*1-28-11-9-19(10-12-28)29(2)13-14-32-21-5-7-22-18(15-21)3-8-26-27(22)24(17-33-26)23-6-4-20(30)16-25(23)31;2*1-27(18-8-11-30-12-9-18)10-13-31-20-4-6-21-17(14-20)2-7-25-26(21)23(16-32-25)22-5-3-19(28)15-24(22)29/h2*3,5,7-8,15,17,19,23H,4,6,9-14,16H2,1-2H3;2*2,4,6-7,14,16,18,22H,3,5,8-13,15H2,1H3/t2*23-;2*22-/m1010/s1. The third-order valence-electron chi connectivity index (χ3n) is 28.7. The Bertz CT molecular complexity index is 5740. The summed E-state index contributed by atoms with van der Waals surface area (Å²) >= 11 is 0. The highest BCUT2D eigenvalue weighted by atomic mass is 16.5. The van der Waals surface area contributed by atoms with Gasteiger partial charge in [0, 0.05) is 170 Å². The number of rotatable bonds is 24. The van der Waals surface area contributed by atoms with Crippen LogP contribution in [0, 0.1) is 0 Å². The summed E-state index contributed by atoms with van der Waals surface area (Å²) in [4.78, 5) is 111. The number of likely N-dealkylation sites (N-methyl/N-ethyl adjacent to an activating group) is 4. The van der Waals surface area contributed by atoms with Crippen molar-refractivity contribution in [3.63, 3.8) is 0 Å². The molecule has 8 heterocycles. The zero-order chi connectivity index (χ0) is 90.1. The molecule has 4 atom stereocenters. The number of piperidine rings is 2. The number of ketones is 8. The van der Waals surface area contributed by atoms with Gasteiger partial charge in [0.2, 0.25) is 0 Å². The van der Waals surface area contributed by atoms with Crippen molar-refractivity contribution in [1.82, 2.24) is 29.4 Å². The van der Waals surface area contributed by atoms with Crippen LogP contribution in [0.15, 0.2) is 164 Å². The summed E-state index contributed by atoms with van der Waals surface area (Å²) in [5.41, 5.74) is 6.69. The van der Waals surface area contributed by atoms with Crippen LogP contribution in [0.3, 0.4) is 0 Å². The molecule has 24 heteroatoms. The van der Waals surface area contributed by atoms with Crippen molar-refractivity contribution in [3.05, 3.63) is 169 Å². The van der Waals surface area contributed by atoms with Crippen LogP contribution in [0.1, 0.15) is 174 Å². The van der Waals surface area contributed by atoms with Gasteiger partial charge >= 0.3 is 0 Å². The topological polar surface area (TPSA) is 264 Å². The fourth-order valence-electron chi connectivity index (χ4n) is 20.8. The van der Waals surface area contributed by atoms with Crippen LogP contribution >= 0.6 is 0 Å². The van der Waals surface area contributed by atoms with Gasteiger partial charge in [-0.15, -0.1) is 0 Å². The van der Waals surface area contributed by atoms with Gasteiger partial charge in [-0.2, -0.15) is 0 Å². The smallest absolute Gasteiger partial charge is 0.147 e. The molecule has 0 unspecified atom stereocenters. The lowest BCUT2D eigenvalue weighted by molar-refractivity contribution is -0.132. The van der Waals surface area contributed by atoms with Gasteiger partial charge in [-0.05, 0) is 286 Å². The molecule has 24 nitrogen and oxygen atoms in total. The van der Waals surface area contributed by atoms with E-state index in [2.05, 4.69) is 96.0 Å². The molecule has 8 aliphatic rings. The molecule has 0 amide bonds. The molecular formula is C106H122N6O18. The first-order chi connectivity index (χ1) is 63.2. The van der Waals surface area contributed by atoms with E-state index in [0.717, 1.165) is 237 Å². The Morgan fingerprint density at radius 3 is 0.762 bits per heavy atom. The van der Waals surface area contributed by atoms with Crippen molar-refractivity contribution >= 4 is 133 Å². The first kappa shape index (κ1) is 91.1. The number of hydrogen-bond donors (Lipinski definition) is 0. The maximum atomic E-state index is 12.6. The predicted octanol–water partition coefficient (Wildman–Crippen LogP) is 17.8. The molecule has 4 aliphatic carbocycles. The number of furan rings is 4. The predicted molar refractivity (Wildman–Crippen MR) is 503 cm³/mol. The Morgan fingerprint density at radius 2 is 0.531 bits per heavy atom. The SMILES string of the molecule is CN(CCOc1ccc2c(ccc3occ([C@@H]4CCC(=O)CC4=O)c32)c1)C1CCOCC1.CN(CCOc1ccc2c(ccc3occ([C@H]4CCC(=O)CC4=O)c32)c1)C1CCOCC1.CN1CCC(N(C)CCOc2ccc3c(ccc4occ([C@@H]5CCC(=O)CC5=O)c43)c2)CC1.CN1CCC(N(C)CCOc2ccc3c(ccc4occ([C@H]5CCC(=O)CC5=O)c43)c2)CC1. The Morgan fingerprint density at radius 1 is 0.300 bits per heavy atom. The number of Topliss-reactive ketones (excluding diaryl/α,β-unsaturated/α-hetero) is 8. The second-order valence-electron chi connectivity index (χ2n) is 37.2. The average molecular weight is 1770 g/mol. The lowest BCUT2D eigenvalue weighted by Gasteiger charge is -2.35. The zero-order valence-corrected chi connectivity index (χ0v) is 76.0. The van der Waals surface area contributed by atoms with E-state index < -0.39 is 0 Å². The first-order valence-corrected chi connectivity index (χ1v) is 47.0. The third-order valence-corrected chi connectivity index (χ3v) is 28.7. The average Bonchev–Trinajstić information content (AvgIpc) is 1.63. The van der Waals surface area contributed by atoms with Gasteiger partial charge in [-0.3, -0.25) is 58.0 Å². The number of fused-ring (bicyclic) bond motifs is 12. The molecule has 0 spiro atoms. The fraction of sp³-hybridized carbons (Fsp3) is 0.472. The first-order valence-electron chi connectivity index (χ1n) is 47.0. The van der Waals surface area contributed by atoms with E-state index >= 15 is 0 Å². The summed E-state index contributed by atoms with van der Waals surface area (Å²) in [6, 6.07) is 42.7. The van der Waals surface area contributed by atoms with E-state index in [1.807, 2.05) is 97.1 Å². The minimum Gasteiger partial charge on any atom is -0.492 e. The van der Waals surface area contributed by atoms with Crippen LogP contribution in [-0.4, -0.2) is 247 Å². The van der Waals surface area contributed by atoms with Crippen molar-refractivity contribution in [2.45, 2.75) is 176 Å². The molecule has 4 saturated carbocycles. The van der Waals surface area contributed by atoms with E-state index in [1.165, 1.54) is 25.7 Å². The third kappa shape index (κ3) is 21.2. The van der Waals surface area contributed by atoms with Crippen LogP contribution in [0.2, 0.25) is 0 Å². The van der Waals surface area contributed by atoms with Crippen LogP contribution in [0.5, 0.6) is 23.0 Å². The number of hydrogen-bond acceptors (Lipinski definition) is 24. The summed E-state index contributed by atoms with van der Waals surface area (Å²) in [6.45, 7) is 14.1. The van der Waals surface area contributed by atoms with E-state index in [1.54, 1.807) is 25.1 Å². The van der Waals surface area contributed by atoms with Crippen molar-refractivity contribution in [3.8, 4) is 23.0 Å². The van der Waals surface area contributed by atoms with Gasteiger partial charge in [0.1, 0.15) is 118 Å². The molecule has 20 rings (SSSR count). The largest absolute Gasteiger partial charge is 0.492 e. The van der Waals surface area contributed by atoms with E-state index in [4.69, 9.17) is 46.1 Å². The minimum absolute atomic E-state index is 0.000336. The molecule has 0 N–H and O–H groups in total. The molecular weight excluding hydrogens is 1650 g/mol. The summed E-state index contributed by atoms with van der Waals surface area (Å²) in [7, 11) is 13.1. The van der Waals surface area contributed by atoms with E-state index in [-0.39, 0.29) is 95.6 Å². The second kappa shape index (κ2) is 41.8. The van der Waals surface area contributed by atoms with Crippen LogP contribution in [-0.2, 0) is 47.8 Å². The van der Waals surface area contributed by atoms with Crippen LogP contribution < -0.4 is 18.9 Å². The molecule has 4 saturated heterocycles. The number of ether oxygens (including phenoxy) is 6. The lowest BCUT2D eigenvalue weighted by Crippen LogP contribution is -2.43. The quantitative estimate of drug-likeness (QED) is 0.0509. The Hall–Kier alpha value is -10.8. The maximum absolute atomic E-state index is 12.6. The van der Waals surface area contributed by atoms with E-state index in [0.29, 0.717) is 102 Å². The Balaban J connectivity index is 0.000000121. The van der Waals surface area contributed by atoms with Crippen molar-refractivity contribution in [1.29, 1.82) is 0 Å². The van der Waals surface area contributed by atoms with Gasteiger partial charge in [-0.1, -0.05) is 24.3 Å². The summed E-state index contributed by atoms with van der Waals surface area (Å²) < 4.78 is 58.4. The number of benzene rings is 8. The lowest BCUT2D eigenvalue weighted by atomic mass is 9.81. The minimum atomic E-state index is -0.267. The highest BCUT2D eigenvalue weighted by Gasteiger charge is 2.37. The van der Waals surface area contributed by atoms with Crippen molar-refractivity contribution < 1.29 is 84.4 Å². The summed E-state index contributed by atoms with van der Waals surface area (Å²) in [6.07, 6.45) is 20.1. The summed E-state index contributed by atoms with van der Waals surface area (Å²) in [5, 5.41) is 12.3. The highest BCUT2D eigenvalue weighted by Crippen LogP contribution is 2.45. The van der Waals surface area contributed by atoms with Gasteiger partial charge in [0.25, 0.3) is 0 Å². The van der Waals surface area contributed by atoms with Gasteiger partial charge in [0.05, 0.1) is 50.7 Å². The molecule has 0 bridgehead atoms. The van der Waals surface area contributed by atoms with Gasteiger partial charge < -0.3 is 55.9 Å². The van der Waals surface area contributed by atoms with Crippen molar-refractivity contribution in [2.24, 2.45) is 0 Å². The maximum Gasteiger partial charge on any atom is 0.147 e. The second-order valence-corrected chi connectivity index (χ2v) is 37.2. The highest BCUT2D eigenvalue weighted by molar-refractivity contribution is 6.16. The van der Waals surface area contributed by atoms with Crippen molar-refractivity contribution in [2.75, 3.05) is 147 Å². The van der Waals surface area contributed by atoms with Crippen LogP contribution in [0.25, 0.3) is 87.0 Å². The summed E-state index contributed by atoms with van der Waals surface area (Å²) in [5.74, 6) is 2.45. The van der Waals surface area contributed by atoms with Crippen LogP contribution in [0.4, 0.5) is 0 Å². The zero-order valence-electron chi connectivity index (χ0n) is 76.0. The number of carbonyl (C=O) groups is 8. The Labute approximate surface area is 758 Å². The monoisotopic (exact) mass is 1770 g/mol. The molecule has 130 heavy (non-hydrogen) atoms. The normalized spacial score (nSPS) is 20.7.